The van der Waals surface area contributed by atoms with Crippen LogP contribution in [0.1, 0.15) is 11.3 Å². The fourth-order valence-corrected chi connectivity index (χ4v) is 1.78. The summed E-state index contributed by atoms with van der Waals surface area (Å²) in [5, 5.41) is 12.5. The average Bonchev–Trinajstić information content (AvgIpc) is 2.97. The molecule has 0 bridgehead atoms. The average molecular weight is 271 g/mol. The van der Waals surface area contributed by atoms with E-state index >= 15 is 0 Å². The maximum Gasteiger partial charge on any atom is 0.244 e. The summed E-state index contributed by atoms with van der Waals surface area (Å²) in [7, 11) is 0. The zero-order valence-electron chi connectivity index (χ0n) is 11.0. The summed E-state index contributed by atoms with van der Waals surface area (Å²) in [4.78, 5) is 11.5. The van der Waals surface area contributed by atoms with Gasteiger partial charge in [-0.3, -0.25) is 4.79 Å². The molecule has 0 saturated heterocycles. The van der Waals surface area contributed by atoms with E-state index in [4.69, 9.17) is 4.42 Å². The zero-order chi connectivity index (χ0) is 14.2. The van der Waals surface area contributed by atoms with Crippen molar-refractivity contribution in [3.05, 3.63) is 66.1 Å². The molecule has 0 aliphatic heterocycles. The van der Waals surface area contributed by atoms with Gasteiger partial charge in [0.15, 0.2) is 0 Å². The molecule has 0 spiro atoms. The lowest BCUT2D eigenvalue weighted by molar-refractivity contribution is -0.116. The van der Waals surface area contributed by atoms with Crippen molar-refractivity contribution >= 4 is 12.0 Å². The fraction of sp³-hybridized carbons (Fsp3) is 0.188. The number of amides is 1. The summed E-state index contributed by atoms with van der Waals surface area (Å²) in [5.74, 6) is 0.360. The molecular formula is C16H17NO3. The summed E-state index contributed by atoms with van der Waals surface area (Å²) < 4.78 is 5.07. The minimum absolute atomic E-state index is 0.218. The second-order valence-corrected chi connectivity index (χ2v) is 4.44. The van der Waals surface area contributed by atoms with Gasteiger partial charge in [-0.25, -0.2) is 0 Å². The molecule has 0 fully saturated rings. The molecule has 0 aliphatic carbocycles. The van der Waals surface area contributed by atoms with E-state index in [1.165, 1.54) is 6.08 Å². The second-order valence-electron chi connectivity index (χ2n) is 4.44. The molecule has 1 aromatic heterocycles. The van der Waals surface area contributed by atoms with Crippen LogP contribution in [-0.2, 0) is 11.2 Å². The number of carbonyl (C=O) groups is 1. The molecule has 0 radical (unpaired) electrons. The maximum absolute atomic E-state index is 11.5. The van der Waals surface area contributed by atoms with E-state index in [1.54, 1.807) is 24.5 Å². The Labute approximate surface area is 117 Å². The van der Waals surface area contributed by atoms with Gasteiger partial charge in [-0.15, -0.1) is 0 Å². The first-order valence-electron chi connectivity index (χ1n) is 6.45. The van der Waals surface area contributed by atoms with E-state index in [-0.39, 0.29) is 12.5 Å². The first-order valence-corrected chi connectivity index (χ1v) is 6.45. The number of hydrogen-bond acceptors (Lipinski definition) is 3. The van der Waals surface area contributed by atoms with Crippen molar-refractivity contribution in [1.82, 2.24) is 5.32 Å². The van der Waals surface area contributed by atoms with Crippen molar-refractivity contribution in [3.63, 3.8) is 0 Å². The summed E-state index contributed by atoms with van der Waals surface area (Å²) in [5.41, 5.74) is 1.04. The highest BCUT2D eigenvalue weighted by molar-refractivity contribution is 5.91. The van der Waals surface area contributed by atoms with Crippen molar-refractivity contribution in [2.75, 3.05) is 6.54 Å². The predicted molar refractivity (Wildman–Crippen MR) is 76.9 cm³/mol. The lowest BCUT2D eigenvalue weighted by Gasteiger charge is -2.10. The highest BCUT2D eigenvalue weighted by Crippen LogP contribution is 2.03. The molecule has 0 unspecified atom stereocenters. The molecule has 1 amide bonds. The molecule has 1 aromatic carbocycles. The van der Waals surface area contributed by atoms with Crippen LogP contribution in [0.15, 0.2) is 59.2 Å². The van der Waals surface area contributed by atoms with Gasteiger partial charge in [-0.1, -0.05) is 30.3 Å². The smallest absolute Gasteiger partial charge is 0.244 e. The summed E-state index contributed by atoms with van der Waals surface area (Å²) in [6.07, 6.45) is 4.43. The van der Waals surface area contributed by atoms with Crippen molar-refractivity contribution < 1.29 is 14.3 Å². The third-order valence-corrected chi connectivity index (χ3v) is 2.77. The van der Waals surface area contributed by atoms with Crippen molar-refractivity contribution in [1.29, 1.82) is 0 Å². The van der Waals surface area contributed by atoms with Crippen molar-refractivity contribution in [2.24, 2.45) is 0 Å². The molecule has 2 rings (SSSR count). The Hall–Kier alpha value is -2.33. The highest BCUT2D eigenvalue weighted by Gasteiger charge is 2.06. The quantitative estimate of drug-likeness (QED) is 0.790. The van der Waals surface area contributed by atoms with Gasteiger partial charge in [-0.2, -0.15) is 0 Å². The third kappa shape index (κ3) is 4.74. The minimum atomic E-state index is -0.599. The number of hydrogen-bond donors (Lipinski definition) is 2. The van der Waals surface area contributed by atoms with E-state index in [1.807, 2.05) is 30.3 Å². The van der Waals surface area contributed by atoms with E-state index in [9.17, 15) is 9.90 Å². The van der Waals surface area contributed by atoms with Crippen LogP contribution in [0.5, 0.6) is 0 Å². The van der Waals surface area contributed by atoms with Gasteiger partial charge in [-0.05, 0) is 23.8 Å². The molecule has 4 nitrogen and oxygen atoms in total. The monoisotopic (exact) mass is 271 g/mol. The molecule has 2 N–H and O–H groups in total. The van der Waals surface area contributed by atoms with Crippen LogP contribution in [0.3, 0.4) is 0 Å². The first-order chi connectivity index (χ1) is 9.74. The lowest BCUT2D eigenvalue weighted by Crippen LogP contribution is -2.32. The number of nitrogens with one attached hydrogen (secondary N) is 1. The topological polar surface area (TPSA) is 62.5 Å². The Kier molecular flexibility index (Phi) is 5.15. The summed E-state index contributed by atoms with van der Waals surface area (Å²) in [6, 6.07) is 13.2. The van der Waals surface area contributed by atoms with Crippen LogP contribution in [0.25, 0.3) is 6.08 Å². The lowest BCUT2D eigenvalue weighted by atomic mass is 10.1. The van der Waals surface area contributed by atoms with E-state index < -0.39 is 6.10 Å². The van der Waals surface area contributed by atoms with Crippen LogP contribution < -0.4 is 5.32 Å². The van der Waals surface area contributed by atoms with Crippen LogP contribution >= 0.6 is 0 Å². The van der Waals surface area contributed by atoms with Gasteiger partial charge in [0.1, 0.15) is 5.76 Å². The largest absolute Gasteiger partial charge is 0.465 e. The number of carbonyl (C=O) groups excluding carboxylic acids is 1. The Morgan fingerprint density at radius 1 is 1.25 bits per heavy atom. The molecule has 0 aliphatic rings. The molecular weight excluding hydrogens is 254 g/mol. The van der Waals surface area contributed by atoms with Crippen molar-refractivity contribution in [2.45, 2.75) is 12.5 Å². The molecule has 20 heavy (non-hydrogen) atoms. The predicted octanol–water partition coefficient (Wildman–Crippen LogP) is 2.01. The SMILES string of the molecule is O=C(/C=C/c1ccco1)NC[C@H](O)Cc1ccccc1. The zero-order valence-corrected chi connectivity index (χ0v) is 11.0. The van der Waals surface area contributed by atoms with E-state index in [2.05, 4.69) is 5.32 Å². The normalized spacial score (nSPS) is 12.4. The van der Waals surface area contributed by atoms with Crippen molar-refractivity contribution in [3.8, 4) is 0 Å². The van der Waals surface area contributed by atoms with E-state index in [0.717, 1.165) is 5.56 Å². The molecule has 1 heterocycles. The van der Waals surface area contributed by atoms with Gasteiger partial charge in [0, 0.05) is 19.0 Å². The molecule has 104 valence electrons. The molecule has 4 heteroatoms. The number of rotatable bonds is 6. The fourth-order valence-electron chi connectivity index (χ4n) is 1.78. The molecule has 1 atom stereocenters. The van der Waals surface area contributed by atoms with Crippen LogP contribution in [0.4, 0.5) is 0 Å². The Morgan fingerprint density at radius 3 is 2.75 bits per heavy atom. The van der Waals surface area contributed by atoms with Gasteiger partial charge in [0.25, 0.3) is 0 Å². The van der Waals surface area contributed by atoms with Gasteiger partial charge in [0.2, 0.25) is 5.91 Å². The Balaban J connectivity index is 1.73. The van der Waals surface area contributed by atoms with Crippen LogP contribution in [0, 0.1) is 0 Å². The highest BCUT2D eigenvalue weighted by atomic mass is 16.3. The Bertz CT molecular complexity index is 546. The van der Waals surface area contributed by atoms with Crippen LogP contribution in [-0.4, -0.2) is 23.7 Å². The third-order valence-electron chi connectivity index (χ3n) is 2.77. The summed E-state index contributed by atoms with van der Waals surface area (Å²) >= 11 is 0. The standard InChI is InChI=1S/C16H17NO3/c18-14(11-13-5-2-1-3-6-13)12-17-16(19)9-8-15-7-4-10-20-15/h1-10,14,18H,11-12H2,(H,17,19)/b9-8+/t14-/m1/s1. The number of furan rings is 1. The molecule has 2 aromatic rings. The van der Waals surface area contributed by atoms with Gasteiger partial charge in [0.05, 0.1) is 12.4 Å². The van der Waals surface area contributed by atoms with Gasteiger partial charge >= 0.3 is 0 Å². The summed E-state index contributed by atoms with van der Waals surface area (Å²) in [6.45, 7) is 0.218. The van der Waals surface area contributed by atoms with E-state index in [0.29, 0.717) is 12.2 Å². The number of benzene rings is 1. The van der Waals surface area contributed by atoms with Gasteiger partial charge < -0.3 is 14.8 Å². The molecule has 0 saturated carbocycles. The Morgan fingerprint density at radius 2 is 2.05 bits per heavy atom. The minimum Gasteiger partial charge on any atom is -0.465 e. The number of aliphatic hydroxyl groups excluding tert-OH is 1. The maximum atomic E-state index is 11.5. The number of aliphatic hydroxyl groups is 1. The van der Waals surface area contributed by atoms with Crippen LogP contribution in [0.2, 0.25) is 0 Å². The second kappa shape index (κ2) is 7.31. The first kappa shape index (κ1) is 14.1.